The number of nitrogens with one attached hydrogen (secondary N) is 1. The Morgan fingerprint density at radius 2 is 2.29 bits per heavy atom. The van der Waals surface area contributed by atoms with E-state index in [1.54, 1.807) is 7.11 Å². The van der Waals surface area contributed by atoms with E-state index >= 15 is 0 Å². The SMILES string of the molecule is CCN(CCOC)c1ncc(CNC)cc1Cl. The maximum absolute atomic E-state index is 6.24. The van der Waals surface area contributed by atoms with Crippen LogP contribution in [-0.2, 0) is 11.3 Å². The molecule has 1 aromatic rings. The Labute approximate surface area is 108 Å². The highest BCUT2D eigenvalue weighted by atomic mass is 35.5. The second kappa shape index (κ2) is 7.48. The van der Waals surface area contributed by atoms with Gasteiger partial charge in [0.1, 0.15) is 5.82 Å². The molecule has 0 unspecified atom stereocenters. The van der Waals surface area contributed by atoms with E-state index in [0.29, 0.717) is 11.6 Å². The Morgan fingerprint density at radius 1 is 1.53 bits per heavy atom. The van der Waals surface area contributed by atoms with Gasteiger partial charge in [0.15, 0.2) is 0 Å². The normalized spacial score (nSPS) is 10.6. The minimum Gasteiger partial charge on any atom is -0.383 e. The Balaban J connectivity index is 2.81. The maximum Gasteiger partial charge on any atom is 0.147 e. The zero-order chi connectivity index (χ0) is 12.7. The summed E-state index contributed by atoms with van der Waals surface area (Å²) in [4.78, 5) is 6.53. The van der Waals surface area contributed by atoms with Gasteiger partial charge in [-0.05, 0) is 25.6 Å². The summed E-state index contributed by atoms with van der Waals surface area (Å²) < 4.78 is 5.08. The predicted octanol–water partition coefficient (Wildman–Crippen LogP) is 1.93. The van der Waals surface area contributed by atoms with Crippen LogP contribution in [0.25, 0.3) is 0 Å². The number of hydrogen-bond acceptors (Lipinski definition) is 4. The summed E-state index contributed by atoms with van der Waals surface area (Å²) in [5, 5.41) is 3.77. The molecule has 0 aromatic carbocycles. The average molecular weight is 258 g/mol. The van der Waals surface area contributed by atoms with E-state index in [1.807, 2.05) is 19.3 Å². The second-order valence-electron chi connectivity index (χ2n) is 3.75. The lowest BCUT2D eigenvalue weighted by Gasteiger charge is -2.22. The van der Waals surface area contributed by atoms with Crippen molar-refractivity contribution in [3.63, 3.8) is 0 Å². The van der Waals surface area contributed by atoms with Crippen molar-refractivity contribution in [3.05, 3.63) is 22.8 Å². The quantitative estimate of drug-likeness (QED) is 0.810. The van der Waals surface area contributed by atoms with Gasteiger partial charge in [0, 0.05) is 32.9 Å². The molecule has 1 heterocycles. The van der Waals surface area contributed by atoms with Crippen LogP contribution in [0.1, 0.15) is 12.5 Å². The number of ether oxygens (including phenoxy) is 1. The largest absolute Gasteiger partial charge is 0.383 e. The molecule has 0 saturated heterocycles. The molecule has 0 aliphatic rings. The highest BCUT2D eigenvalue weighted by molar-refractivity contribution is 6.33. The van der Waals surface area contributed by atoms with Crippen LogP contribution < -0.4 is 10.2 Å². The standard InChI is InChI=1S/C12H20ClN3O/c1-4-16(5-6-17-3)12-11(13)7-10(8-14-2)9-15-12/h7,9,14H,4-6,8H2,1-3H3. The molecule has 96 valence electrons. The van der Waals surface area contributed by atoms with E-state index in [0.717, 1.165) is 31.0 Å². The third-order valence-corrected chi connectivity index (χ3v) is 2.78. The van der Waals surface area contributed by atoms with Crippen molar-refractivity contribution in [1.29, 1.82) is 0 Å². The lowest BCUT2D eigenvalue weighted by Crippen LogP contribution is -2.28. The lowest BCUT2D eigenvalue weighted by molar-refractivity contribution is 0.205. The van der Waals surface area contributed by atoms with Crippen LogP contribution in [0.5, 0.6) is 0 Å². The molecule has 0 amide bonds. The average Bonchev–Trinajstić information content (AvgIpc) is 2.32. The highest BCUT2D eigenvalue weighted by Gasteiger charge is 2.10. The molecule has 0 aliphatic carbocycles. The first kappa shape index (κ1) is 14.2. The van der Waals surface area contributed by atoms with Crippen molar-refractivity contribution < 1.29 is 4.74 Å². The van der Waals surface area contributed by atoms with Gasteiger partial charge >= 0.3 is 0 Å². The topological polar surface area (TPSA) is 37.4 Å². The Morgan fingerprint density at radius 3 is 2.82 bits per heavy atom. The van der Waals surface area contributed by atoms with Gasteiger partial charge in [0.25, 0.3) is 0 Å². The van der Waals surface area contributed by atoms with Crippen LogP contribution >= 0.6 is 11.6 Å². The van der Waals surface area contributed by atoms with E-state index in [-0.39, 0.29) is 0 Å². The van der Waals surface area contributed by atoms with Crippen LogP contribution in [0.15, 0.2) is 12.3 Å². The van der Waals surface area contributed by atoms with Crippen molar-refractivity contribution in [2.45, 2.75) is 13.5 Å². The number of pyridine rings is 1. The van der Waals surface area contributed by atoms with Crippen LogP contribution in [0, 0.1) is 0 Å². The molecule has 1 rings (SSSR count). The van der Waals surface area contributed by atoms with Gasteiger partial charge in [-0.15, -0.1) is 0 Å². The van der Waals surface area contributed by atoms with Gasteiger partial charge in [-0.2, -0.15) is 0 Å². The summed E-state index contributed by atoms with van der Waals surface area (Å²) in [5.41, 5.74) is 1.09. The molecule has 0 radical (unpaired) electrons. The fraction of sp³-hybridized carbons (Fsp3) is 0.583. The van der Waals surface area contributed by atoms with Gasteiger partial charge in [0.2, 0.25) is 0 Å². The van der Waals surface area contributed by atoms with E-state index in [9.17, 15) is 0 Å². The predicted molar refractivity (Wildman–Crippen MR) is 71.8 cm³/mol. The summed E-state index contributed by atoms with van der Waals surface area (Å²) in [6.45, 7) is 5.18. The van der Waals surface area contributed by atoms with Crippen LogP contribution in [0.3, 0.4) is 0 Å². The number of aromatic nitrogens is 1. The first-order valence-electron chi connectivity index (χ1n) is 5.75. The zero-order valence-electron chi connectivity index (χ0n) is 10.7. The fourth-order valence-electron chi connectivity index (χ4n) is 1.62. The molecule has 5 heteroatoms. The number of nitrogens with zero attached hydrogens (tertiary/aromatic N) is 2. The van der Waals surface area contributed by atoms with Crippen molar-refractivity contribution in [3.8, 4) is 0 Å². The molecule has 0 fully saturated rings. The van der Waals surface area contributed by atoms with Gasteiger partial charge in [-0.1, -0.05) is 11.6 Å². The van der Waals surface area contributed by atoms with Crippen molar-refractivity contribution >= 4 is 17.4 Å². The molecule has 0 spiro atoms. The Hall–Kier alpha value is -0.840. The summed E-state index contributed by atoms with van der Waals surface area (Å²) >= 11 is 6.24. The molecule has 0 atom stereocenters. The number of likely N-dealkylation sites (N-methyl/N-ethyl adjacent to an activating group) is 1. The van der Waals surface area contributed by atoms with Crippen molar-refractivity contribution in [2.75, 3.05) is 38.8 Å². The molecular formula is C12H20ClN3O. The Bertz CT molecular complexity index is 347. The molecule has 17 heavy (non-hydrogen) atoms. The smallest absolute Gasteiger partial charge is 0.147 e. The molecule has 4 nitrogen and oxygen atoms in total. The molecule has 0 saturated carbocycles. The summed E-state index contributed by atoms with van der Waals surface area (Å²) in [6, 6.07) is 1.95. The van der Waals surface area contributed by atoms with E-state index < -0.39 is 0 Å². The molecule has 0 bridgehead atoms. The summed E-state index contributed by atoms with van der Waals surface area (Å²) in [7, 11) is 3.59. The number of hydrogen-bond donors (Lipinski definition) is 1. The summed E-state index contributed by atoms with van der Waals surface area (Å²) in [6.07, 6.45) is 1.85. The second-order valence-corrected chi connectivity index (χ2v) is 4.16. The lowest BCUT2D eigenvalue weighted by atomic mass is 10.2. The zero-order valence-corrected chi connectivity index (χ0v) is 11.4. The monoisotopic (exact) mass is 257 g/mol. The van der Waals surface area contributed by atoms with Gasteiger partial charge in [-0.3, -0.25) is 0 Å². The maximum atomic E-state index is 6.24. The first-order chi connectivity index (χ1) is 8.22. The minimum atomic E-state index is 0.671. The molecular weight excluding hydrogens is 238 g/mol. The van der Waals surface area contributed by atoms with E-state index in [1.165, 1.54) is 0 Å². The van der Waals surface area contributed by atoms with E-state index in [2.05, 4.69) is 22.1 Å². The molecule has 1 aromatic heterocycles. The van der Waals surface area contributed by atoms with Crippen LogP contribution in [0.2, 0.25) is 5.02 Å². The molecule has 0 aliphatic heterocycles. The summed E-state index contributed by atoms with van der Waals surface area (Å²) in [5.74, 6) is 0.825. The molecule has 1 N–H and O–H groups in total. The van der Waals surface area contributed by atoms with Crippen molar-refractivity contribution in [1.82, 2.24) is 10.3 Å². The van der Waals surface area contributed by atoms with E-state index in [4.69, 9.17) is 16.3 Å². The Kier molecular flexibility index (Phi) is 6.26. The third kappa shape index (κ3) is 4.15. The van der Waals surface area contributed by atoms with Gasteiger partial charge in [-0.25, -0.2) is 4.98 Å². The van der Waals surface area contributed by atoms with Crippen LogP contribution in [0.4, 0.5) is 5.82 Å². The third-order valence-electron chi connectivity index (χ3n) is 2.51. The minimum absolute atomic E-state index is 0.671. The van der Waals surface area contributed by atoms with Crippen LogP contribution in [-0.4, -0.2) is 38.8 Å². The highest BCUT2D eigenvalue weighted by Crippen LogP contribution is 2.23. The number of rotatable bonds is 7. The number of anilines is 1. The fourth-order valence-corrected chi connectivity index (χ4v) is 1.93. The first-order valence-corrected chi connectivity index (χ1v) is 6.13. The number of halogens is 1. The number of methoxy groups -OCH3 is 1. The van der Waals surface area contributed by atoms with Crippen molar-refractivity contribution in [2.24, 2.45) is 0 Å². The van der Waals surface area contributed by atoms with Gasteiger partial charge in [0.05, 0.1) is 11.6 Å². The van der Waals surface area contributed by atoms with Gasteiger partial charge < -0.3 is 15.0 Å².